The number of hydrogen-bond acceptors (Lipinski definition) is 4. The van der Waals surface area contributed by atoms with E-state index in [1.807, 2.05) is 6.07 Å². The van der Waals surface area contributed by atoms with Crippen molar-refractivity contribution in [3.63, 3.8) is 0 Å². The van der Waals surface area contributed by atoms with Gasteiger partial charge in [-0.15, -0.1) is 0 Å². The molecule has 1 fully saturated rings. The lowest BCUT2D eigenvalue weighted by Gasteiger charge is -2.35. The van der Waals surface area contributed by atoms with Gasteiger partial charge in [-0.3, -0.25) is 4.90 Å². The molecule has 2 aromatic rings. The standard InChI is InChI=1S/C21H28N2O2/c1-16-4-7-18(8-5-16)19(23-12-10-22-11-13-23)14-17-6-9-20(24-2)21(15-17)25-3/h4-9,15,19,22H,10-14H2,1-3H3. The van der Waals surface area contributed by atoms with Crippen LogP contribution < -0.4 is 14.8 Å². The summed E-state index contributed by atoms with van der Waals surface area (Å²) in [6.07, 6.45) is 0.962. The van der Waals surface area contributed by atoms with Gasteiger partial charge >= 0.3 is 0 Å². The number of hydrogen-bond donors (Lipinski definition) is 1. The molecule has 0 aromatic heterocycles. The first-order valence-electron chi connectivity index (χ1n) is 8.93. The first-order chi connectivity index (χ1) is 12.2. The molecule has 1 N–H and O–H groups in total. The van der Waals surface area contributed by atoms with E-state index in [0.29, 0.717) is 6.04 Å². The second-order valence-corrected chi connectivity index (χ2v) is 6.61. The molecular formula is C21H28N2O2. The van der Waals surface area contributed by atoms with Crippen LogP contribution in [0.15, 0.2) is 42.5 Å². The Bertz CT molecular complexity index is 679. The largest absolute Gasteiger partial charge is 0.493 e. The van der Waals surface area contributed by atoms with E-state index in [2.05, 4.69) is 53.5 Å². The van der Waals surface area contributed by atoms with Gasteiger partial charge in [0.25, 0.3) is 0 Å². The van der Waals surface area contributed by atoms with Crippen LogP contribution in [-0.4, -0.2) is 45.3 Å². The van der Waals surface area contributed by atoms with Crippen LogP contribution in [0.1, 0.15) is 22.7 Å². The van der Waals surface area contributed by atoms with Crippen LogP contribution >= 0.6 is 0 Å². The summed E-state index contributed by atoms with van der Waals surface area (Å²) in [6, 6.07) is 15.6. The van der Waals surface area contributed by atoms with Crippen LogP contribution in [0.2, 0.25) is 0 Å². The van der Waals surface area contributed by atoms with Crippen molar-refractivity contribution < 1.29 is 9.47 Å². The molecule has 0 spiro atoms. The van der Waals surface area contributed by atoms with E-state index in [1.54, 1.807) is 14.2 Å². The van der Waals surface area contributed by atoms with Gasteiger partial charge in [0.15, 0.2) is 11.5 Å². The van der Waals surface area contributed by atoms with Crippen molar-refractivity contribution in [2.24, 2.45) is 0 Å². The van der Waals surface area contributed by atoms with Crippen LogP contribution in [0.3, 0.4) is 0 Å². The zero-order chi connectivity index (χ0) is 17.6. The molecule has 0 bridgehead atoms. The Morgan fingerprint density at radius 2 is 1.64 bits per heavy atom. The summed E-state index contributed by atoms with van der Waals surface area (Å²) in [6.45, 7) is 6.39. The quantitative estimate of drug-likeness (QED) is 0.876. The normalized spacial score (nSPS) is 16.4. The van der Waals surface area contributed by atoms with Crippen LogP contribution in [0.5, 0.6) is 11.5 Å². The third kappa shape index (κ3) is 4.33. The van der Waals surface area contributed by atoms with Crippen molar-refractivity contribution in [3.8, 4) is 11.5 Å². The molecule has 1 atom stereocenters. The molecule has 0 radical (unpaired) electrons. The van der Waals surface area contributed by atoms with E-state index >= 15 is 0 Å². The van der Waals surface area contributed by atoms with Crippen LogP contribution in [0.25, 0.3) is 0 Å². The molecular weight excluding hydrogens is 312 g/mol. The van der Waals surface area contributed by atoms with Crippen molar-refractivity contribution in [2.75, 3.05) is 40.4 Å². The van der Waals surface area contributed by atoms with Crippen molar-refractivity contribution in [3.05, 3.63) is 59.2 Å². The summed E-state index contributed by atoms with van der Waals surface area (Å²) < 4.78 is 10.8. The molecule has 1 aliphatic heterocycles. The molecule has 2 aromatic carbocycles. The summed E-state index contributed by atoms with van der Waals surface area (Å²) in [5, 5.41) is 3.45. The van der Waals surface area contributed by atoms with E-state index in [4.69, 9.17) is 9.47 Å². The maximum atomic E-state index is 5.48. The highest BCUT2D eigenvalue weighted by molar-refractivity contribution is 5.43. The monoisotopic (exact) mass is 340 g/mol. The lowest BCUT2D eigenvalue weighted by atomic mass is 9.96. The molecule has 3 rings (SSSR count). The first kappa shape index (κ1) is 17.8. The fourth-order valence-corrected chi connectivity index (χ4v) is 3.47. The minimum Gasteiger partial charge on any atom is -0.493 e. The van der Waals surface area contributed by atoms with Gasteiger partial charge in [0, 0.05) is 32.2 Å². The Kier molecular flexibility index (Phi) is 5.95. The average molecular weight is 340 g/mol. The summed E-state index contributed by atoms with van der Waals surface area (Å²) in [5.74, 6) is 1.57. The summed E-state index contributed by atoms with van der Waals surface area (Å²) in [4.78, 5) is 2.58. The fourth-order valence-electron chi connectivity index (χ4n) is 3.47. The Balaban J connectivity index is 1.87. The highest BCUT2D eigenvalue weighted by Gasteiger charge is 2.23. The summed E-state index contributed by atoms with van der Waals surface area (Å²) in [5.41, 5.74) is 3.94. The van der Waals surface area contributed by atoms with Gasteiger partial charge in [-0.25, -0.2) is 0 Å². The molecule has 134 valence electrons. The predicted molar refractivity (Wildman–Crippen MR) is 102 cm³/mol. The number of aryl methyl sites for hydroxylation is 1. The Labute approximate surface area is 150 Å². The van der Waals surface area contributed by atoms with Crippen LogP contribution in [0, 0.1) is 6.92 Å². The van der Waals surface area contributed by atoms with E-state index in [-0.39, 0.29) is 0 Å². The molecule has 1 saturated heterocycles. The van der Waals surface area contributed by atoms with Crippen LogP contribution in [-0.2, 0) is 6.42 Å². The zero-order valence-electron chi connectivity index (χ0n) is 15.4. The zero-order valence-corrected chi connectivity index (χ0v) is 15.4. The summed E-state index contributed by atoms with van der Waals surface area (Å²) in [7, 11) is 3.36. The third-order valence-corrected chi connectivity index (χ3v) is 4.93. The van der Waals surface area contributed by atoms with Crippen LogP contribution in [0.4, 0.5) is 0 Å². The summed E-state index contributed by atoms with van der Waals surface area (Å²) >= 11 is 0. The average Bonchev–Trinajstić information content (AvgIpc) is 2.67. The SMILES string of the molecule is COc1ccc(CC(c2ccc(C)cc2)N2CCNCC2)cc1OC. The van der Waals surface area contributed by atoms with E-state index < -0.39 is 0 Å². The molecule has 4 heteroatoms. The second-order valence-electron chi connectivity index (χ2n) is 6.61. The smallest absolute Gasteiger partial charge is 0.160 e. The van der Waals surface area contributed by atoms with Gasteiger partial charge < -0.3 is 14.8 Å². The van der Waals surface area contributed by atoms with Crippen molar-refractivity contribution in [1.82, 2.24) is 10.2 Å². The number of piperazine rings is 1. The van der Waals surface area contributed by atoms with Crippen molar-refractivity contribution >= 4 is 0 Å². The third-order valence-electron chi connectivity index (χ3n) is 4.93. The molecule has 1 heterocycles. The minimum absolute atomic E-state index is 0.376. The van der Waals surface area contributed by atoms with E-state index in [9.17, 15) is 0 Å². The maximum absolute atomic E-state index is 5.48. The molecule has 25 heavy (non-hydrogen) atoms. The minimum atomic E-state index is 0.376. The highest BCUT2D eigenvalue weighted by Crippen LogP contribution is 2.31. The van der Waals surface area contributed by atoms with E-state index in [0.717, 1.165) is 44.1 Å². The Morgan fingerprint density at radius 3 is 2.28 bits per heavy atom. The van der Waals surface area contributed by atoms with E-state index in [1.165, 1.54) is 16.7 Å². The number of nitrogens with one attached hydrogen (secondary N) is 1. The number of nitrogens with zero attached hydrogens (tertiary/aromatic N) is 1. The molecule has 1 aliphatic rings. The van der Waals surface area contributed by atoms with Gasteiger partial charge in [-0.2, -0.15) is 0 Å². The van der Waals surface area contributed by atoms with Gasteiger partial charge in [-0.05, 0) is 36.6 Å². The van der Waals surface area contributed by atoms with Gasteiger partial charge in [0.2, 0.25) is 0 Å². The Hall–Kier alpha value is -2.04. The molecule has 4 nitrogen and oxygen atoms in total. The lowest BCUT2D eigenvalue weighted by molar-refractivity contribution is 0.172. The highest BCUT2D eigenvalue weighted by atomic mass is 16.5. The lowest BCUT2D eigenvalue weighted by Crippen LogP contribution is -2.45. The van der Waals surface area contributed by atoms with Gasteiger partial charge in [-0.1, -0.05) is 35.9 Å². The second kappa shape index (κ2) is 8.37. The van der Waals surface area contributed by atoms with Gasteiger partial charge in [0.05, 0.1) is 14.2 Å². The number of methoxy groups -OCH3 is 2. The van der Waals surface area contributed by atoms with Gasteiger partial charge in [0.1, 0.15) is 0 Å². The molecule has 0 saturated carbocycles. The molecule has 1 unspecified atom stereocenters. The van der Waals surface area contributed by atoms with Crippen molar-refractivity contribution in [2.45, 2.75) is 19.4 Å². The predicted octanol–water partition coefficient (Wildman–Crippen LogP) is 3.20. The first-order valence-corrected chi connectivity index (χ1v) is 8.93. The Morgan fingerprint density at radius 1 is 0.960 bits per heavy atom. The number of benzene rings is 2. The van der Waals surface area contributed by atoms with Crippen molar-refractivity contribution in [1.29, 1.82) is 0 Å². The number of rotatable bonds is 6. The molecule has 0 amide bonds. The maximum Gasteiger partial charge on any atom is 0.160 e. The molecule has 0 aliphatic carbocycles. The topological polar surface area (TPSA) is 33.7 Å². The number of ether oxygens (including phenoxy) is 2. The fraction of sp³-hybridized carbons (Fsp3) is 0.429.